The van der Waals surface area contributed by atoms with E-state index in [1.54, 1.807) is 0 Å². The summed E-state index contributed by atoms with van der Waals surface area (Å²) in [6.45, 7) is 2.90. The minimum absolute atomic E-state index is 0.192. The number of fused-ring (bicyclic) bond motifs is 1. The molecular formula is C11H13BN4O. The highest BCUT2D eigenvalue weighted by molar-refractivity contribution is 6.64. The van der Waals surface area contributed by atoms with E-state index >= 15 is 0 Å². The molecule has 0 aromatic heterocycles. The molecule has 1 unspecified atom stereocenters. The summed E-state index contributed by atoms with van der Waals surface area (Å²) in [7, 11) is 0.451. The van der Waals surface area contributed by atoms with Gasteiger partial charge in [-0.15, -0.1) is 0 Å². The van der Waals surface area contributed by atoms with Crippen LogP contribution >= 0.6 is 0 Å². The van der Waals surface area contributed by atoms with Crippen molar-refractivity contribution in [2.75, 3.05) is 6.54 Å². The molecule has 1 aliphatic heterocycles. The predicted octanol–water partition coefficient (Wildman–Crippen LogP) is 2.09. The highest BCUT2D eigenvalue weighted by atomic mass is 16.1. The van der Waals surface area contributed by atoms with Crippen LogP contribution in [-0.4, -0.2) is 25.0 Å². The Hall–Kier alpha value is -1.78. The van der Waals surface area contributed by atoms with Crippen LogP contribution < -0.4 is 0 Å². The van der Waals surface area contributed by atoms with Gasteiger partial charge < -0.3 is 9.61 Å². The summed E-state index contributed by atoms with van der Waals surface area (Å²) < 4.78 is 0. The number of nitrogens with zero attached hydrogens (tertiary/aromatic N) is 4. The van der Waals surface area contributed by atoms with Gasteiger partial charge in [0.25, 0.3) is 7.41 Å². The molecule has 1 aliphatic rings. The third kappa shape index (κ3) is 2.18. The average molecular weight is 228 g/mol. The molecule has 1 aromatic carbocycles. The van der Waals surface area contributed by atoms with E-state index in [-0.39, 0.29) is 6.04 Å². The van der Waals surface area contributed by atoms with E-state index in [1.165, 1.54) is 0 Å². The molecule has 0 fully saturated rings. The molecule has 6 heteroatoms. The third-order valence-corrected chi connectivity index (χ3v) is 3.30. The number of rotatable bonds is 3. The van der Waals surface area contributed by atoms with Crippen molar-refractivity contribution in [1.82, 2.24) is 4.81 Å². The summed E-state index contributed by atoms with van der Waals surface area (Å²) >= 11 is 0. The normalized spacial score (nSPS) is 19.0. The van der Waals surface area contributed by atoms with Crippen LogP contribution in [0.4, 0.5) is 5.69 Å². The predicted molar refractivity (Wildman–Crippen MR) is 68.0 cm³/mol. The molecule has 17 heavy (non-hydrogen) atoms. The second-order valence-corrected chi connectivity index (χ2v) is 4.12. The molecule has 86 valence electrons. The summed E-state index contributed by atoms with van der Waals surface area (Å²) in [5.41, 5.74) is 11.5. The van der Waals surface area contributed by atoms with E-state index in [0.717, 1.165) is 30.3 Å². The number of hydrogen-bond acceptors (Lipinski definition) is 3. The summed E-state index contributed by atoms with van der Waals surface area (Å²) in [6, 6.07) is 5.95. The minimum Gasteiger partial charge on any atom is -0.332 e. The second kappa shape index (κ2) is 5.04. The Balaban J connectivity index is 2.40. The molecule has 0 N–H and O–H groups in total. The Labute approximate surface area is 100 Å². The van der Waals surface area contributed by atoms with E-state index < -0.39 is 0 Å². The zero-order valence-electron chi connectivity index (χ0n) is 9.71. The zero-order valence-corrected chi connectivity index (χ0v) is 9.71. The Morgan fingerprint density at radius 1 is 1.65 bits per heavy atom. The van der Waals surface area contributed by atoms with Crippen LogP contribution in [0, 0.1) is 0 Å². The summed E-state index contributed by atoms with van der Waals surface area (Å²) in [6.07, 6.45) is 1.75. The maximum Gasteiger partial charge on any atom is 0.281 e. The highest BCUT2D eigenvalue weighted by Crippen LogP contribution is 2.34. The van der Waals surface area contributed by atoms with Crippen molar-refractivity contribution in [3.8, 4) is 0 Å². The number of benzene rings is 1. The van der Waals surface area contributed by atoms with Crippen molar-refractivity contribution in [3.63, 3.8) is 0 Å². The molecule has 0 radical (unpaired) electrons. The van der Waals surface area contributed by atoms with Gasteiger partial charge in [-0.2, -0.15) is 0 Å². The van der Waals surface area contributed by atoms with Crippen LogP contribution in [0.2, 0.25) is 0 Å². The maximum atomic E-state index is 10.6. The molecule has 0 aliphatic carbocycles. The van der Waals surface area contributed by atoms with E-state index in [0.29, 0.717) is 13.1 Å². The van der Waals surface area contributed by atoms with Gasteiger partial charge >= 0.3 is 0 Å². The van der Waals surface area contributed by atoms with Crippen LogP contribution in [0.1, 0.15) is 24.1 Å². The van der Waals surface area contributed by atoms with Gasteiger partial charge in [-0.25, -0.2) is 0 Å². The molecule has 1 aromatic rings. The van der Waals surface area contributed by atoms with Crippen molar-refractivity contribution < 1.29 is 4.79 Å². The van der Waals surface area contributed by atoms with Crippen molar-refractivity contribution in [3.05, 3.63) is 39.8 Å². The van der Waals surface area contributed by atoms with Crippen molar-refractivity contribution in [1.29, 1.82) is 0 Å². The fraction of sp³-hybridized carbons (Fsp3) is 0.364. The van der Waals surface area contributed by atoms with Crippen molar-refractivity contribution in [2.45, 2.75) is 19.4 Å². The summed E-state index contributed by atoms with van der Waals surface area (Å²) in [5, 5.41) is 3.72. The van der Waals surface area contributed by atoms with Gasteiger partial charge in [0, 0.05) is 16.6 Å². The Morgan fingerprint density at radius 2 is 2.47 bits per heavy atom. The number of carbonyl (C=O) groups excluding carboxylic acids is 1. The van der Waals surface area contributed by atoms with Gasteiger partial charge in [-0.05, 0) is 36.5 Å². The van der Waals surface area contributed by atoms with Gasteiger partial charge in [-0.1, -0.05) is 23.3 Å². The maximum absolute atomic E-state index is 10.6. The van der Waals surface area contributed by atoms with Gasteiger partial charge in [0.1, 0.15) is 0 Å². The van der Waals surface area contributed by atoms with Crippen molar-refractivity contribution >= 4 is 19.3 Å². The first kappa shape index (κ1) is 11.7. The summed E-state index contributed by atoms with van der Waals surface area (Å²) in [4.78, 5) is 15.6. The first-order valence-electron chi connectivity index (χ1n) is 5.62. The van der Waals surface area contributed by atoms with Gasteiger partial charge in [-0.3, -0.25) is 0 Å². The number of azide groups is 1. The molecule has 5 nitrogen and oxygen atoms in total. The van der Waals surface area contributed by atoms with Crippen LogP contribution in [0.25, 0.3) is 10.4 Å². The molecule has 1 heterocycles. The molecule has 0 bridgehead atoms. The largest absolute Gasteiger partial charge is 0.332 e. The zero-order chi connectivity index (χ0) is 12.3. The van der Waals surface area contributed by atoms with Gasteiger partial charge in [0.2, 0.25) is 0 Å². The van der Waals surface area contributed by atoms with E-state index in [9.17, 15) is 4.79 Å². The first-order chi connectivity index (χ1) is 8.27. The lowest BCUT2D eigenvalue weighted by molar-refractivity contribution is 0.343. The molecular weight excluding hydrogens is 215 g/mol. The van der Waals surface area contributed by atoms with Crippen LogP contribution in [0.3, 0.4) is 0 Å². The van der Waals surface area contributed by atoms with E-state index in [2.05, 4.69) is 21.8 Å². The Kier molecular flexibility index (Phi) is 3.47. The average Bonchev–Trinajstić information content (AvgIpc) is 2.34. The second-order valence-electron chi connectivity index (χ2n) is 4.12. The lowest BCUT2D eigenvalue weighted by Gasteiger charge is -2.34. The van der Waals surface area contributed by atoms with E-state index in [4.69, 9.17) is 5.53 Å². The summed E-state index contributed by atoms with van der Waals surface area (Å²) in [5.74, 6) is 0. The fourth-order valence-corrected chi connectivity index (χ4v) is 2.39. The number of hydrogen-bond donors (Lipinski definition) is 0. The highest BCUT2D eigenvalue weighted by Gasteiger charge is 2.24. The fourth-order valence-electron chi connectivity index (χ4n) is 2.39. The Bertz CT molecular complexity index is 484. The monoisotopic (exact) mass is 228 g/mol. The SMILES string of the molecule is CC1c2cccc(N=[N+]=[N-])c2CCN1BC=O. The minimum atomic E-state index is 0.192. The van der Waals surface area contributed by atoms with Crippen LogP contribution in [0.5, 0.6) is 0 Å². The molecule has 0 amide bonds. The first-order valence-corrected chi connectivity index (χ1v) is 5.62. The topological polar surface area (TPSA) is 69.1 Å². The standard InChI is InChI=1S/C11H13BN4O/c1-8-9-3-2-4-11(14-15-13)10(9)5-6-16(8)12-7-17/h2-4,7-8,12H,5-6H2,1H3. The van der Waals surface area contributed by atoms with Crippen LogP contribution in [0.15, 0.2) is 23.3 Å². The van der Waals surface area contributed by atoms with Gasteiger partial charge in [0.15, 0.2) is 0 Å². The van der Waals surface area contributed by atoms with E-state index in [1.807, 2.05) is 18.2 Å². The lowest BCUT2D eigenvalue weighted by Crippen LogP contribution is -2.37. The van der Waals surface area contributed by atoms with Crippen LogP contribution in [-0.2, 0) is 11.2 Å². The number of carbonyl (C=O) groups is 1. The lowest BCUT2D eigenvalue weighted by atomic mass is 9.83. The smallest absolute Gasteiger partial charge is 0.281 e. The Morgan fingerprint density at radius 3 is 3.18 bits per heavy atom. The molecule has 0 spiro atoms. The third-order valence-electron chi connectivity index (χ3n) is 3.30. The molecule has 0 saturated carbocycles. The molecule has 2 rings (SSSR count). The molecule has 0 saturated heterocycles. The van der Waals surface area contributed by atoms with Gasteiger partial charge in [0.05, 0.1) is 6.19 Å². The van der Waals surface area contributed by atoms with Crippen molar-refractivity contribution in [2.24, 2.45) is 5.11 Å². The quantitative estimate of drug-likeness (QED) is 0.261. The molecule has 1 atom stereocenters.